The van der Waals surface area contributed by atoms with Crippen molar-refractivity contribution in [3.8, 4) is 11.8 Å². The Kier molecular flexibility index (Phi) is 6.37. The molecule has 0 saturated carbocycles. The molecule has 2 aromatic carbocycles. The smallest absolute Gasteiger partial charge is 0.339 e. The molecule has 0 saturated heterocycles. The number of nitrogens with one attached hydrogen (secondary N) is 2. The van der Waals surface area contributed by atoms with Crippen LogP contribution in [0.2, 0.25) is 5.02 Å². The summed E-state index contributed by atoms with van der Waals surface area (Å²) in [5, 5.41) is 27.9. The van der Waals surface area contributed by atoms with E-state index in [-0.39, 0.29) is 5.57 Å². The Bertz CT molecular complexity index is 1100. The number of halogens is 1. The molecule has 28 heavy (non-hydrogen) atoms. The highest BCUT2D eigenvalue weighted by atomic mass is 35.5. The first-order valence-corrected chi connectivity index (χ1v) is 9.26. The van der Waals surface area contributed by atoms with Crippen molar-refractivity contribution in [1.82, 2.24) is 10.3 Å². The number of benzene rings is 2. The monoisotopic (exact) mass is 421 g/mol. The Morgan fingerprint density at radius 1 is 1.14 bits per heavy atom. The number of amides is 1. The number of nitriles is 1. The van der Waals surface area contributed by atoms with Crippen LogP contribution in [-0.4, -0.2) is 30.5 Å². The fourth-order valence-corrected chi connectivity index (χ4v) is 2.96. The van der Waals surface area contributed by atoms with E-state index in [1.165, 1.54) is 6.08 Å². The maximum atomic E-state index is 12.2. The first-order chi connectivity index (χ1) is 13.1. The number of hydrogen-bond donors (Lipinski definition) is 4. The molecule has 0 fully saturated rings. The van der Waals surface area contributed by atoms with Gasteiger partial charge in [0.2, 0.25) is 0 Å². The predicted octanol–water partition coefficient (Wildman–Crippen LogP) is 1.66. The normalized spacial score (nSPS) is 11.5. The van der Waals surface area contributed by atoms with Gasteiger partial charge in [-0.15, -0.1) is 4.83 Å². The average Bonchev–Trinajstić information content (AvgIpc) is 2.65. The number of hydrogen-bond acceptors (Lipinski definition) is 6. The van der Waals surface area contributed by atoms with Crippen molar-refractivity contribution in [3.05, 3.63) is 64.2 Å². The standard InChI is InChI=1S/C17H12ClN3O6S/c18-12-3-1-10(2-4-12)7-11(9-19)16(23)20-21-28(26,27)13-5-6-15(22)14(8-13)17(24)25/h1-8,21-22H,(H,20,23)(H,24,25). The minimum absolute atomic E-state index is 0.387. The number of rotatable bonds is 6. The maximum Gasteiger partial charge on any atom is 0.339 e. The molecule has 1 amide bonds. The lowest BCUT2D eigenvalue weighted by Gasteiger charge is -2.09. The number of carbonyl (C=O) groups excluding carboxylic acids is 1. The van der Waals surface area contributed by atoms with Crippen LogP contribution in [0.15, 0.2) is 52.9 Å². The van der Waals surface area contributed by atoms with Crippen LogP contribution < -0.4 is 10.3 Å². The van der Waals surface area contributed by atoms with Gasteiger partial charge in [-0.05, 0) is 42.0 Å². The first-order valence-electron chi connectivity index (χ1n) is 7.40. The molecule has 11 heteroatoms. The summed E-state index contributed by atoms with van der Waals surface area (Å²) >= 11 is 5.75. The molecule has 9 nitrogen and oxygen atoms in total. The third-order valence-electron chi connectivity index (χ3n) is 3.35. The molecule has 0 atom stereocenters. The number of carboxylic acids is 1. The highest BCUT2D eigenvalue weighted by Gasteiger charge is 2.20. The third kappa shape index (κ3) is 5.08. The van der Waals surface area contributed by atoms with Gasteiger partial charge < -0.3 is 10.2 Å². The molecule has 2 rings (SSSR count). The van der Waals surface area contributed by atoms with E-state index in [1.54, 1.807) is 35.2 Å². The summed E-state index contributed by atoms with van der Waals surface area (Å²) in [5.74, 6) is -3.18. The van der Waals surface area contributed by atoms with Crippen molar-refractivity contribution in [2.45, 2.75) is 4.90 Å². The van der Waals surface area contributed by atoms with Crippen LogP contribution in [0.1, 0.15) is 15.9 Å². The summed E-state index contributed by atoms with van der Waals surface area (Å²) < 4.78 is 24.4. The minimum Gasteiger partial charge on any atom is -0.507 e. The zero-order valence-electron chi connectivity index (χ0n) is 13.9. The lowest BCUT2D eigenvalue weighted by molar-refractivity contribution is -0.117. The Hall–Kier alpha value is -3.39. The number of aromatic carboxylic acids is 1. The topological polar surface area (TPSA) is 157 Å². The van der Waals surface area contributed by atoms with Crippen LogP contribution in [0.4, 0.5) is 0 Å². The van der Waals surface area contributed by atoms with Gasteiger partial charge in [-0.2, -0.15) is 5.26 Å². The second-order valence-electron chi connectivity index (χ2n) is 5.27. The Balaban J connectivity index is 2.18. The quantitative estimate of drug-likeness (QED) is 0.314. The molecule has 0 unspecified atom stereocenters. The molecule has 2 aromatic rings. The largest absolute Gasteiger partial charge is 0.507 e. The van der Waals surface area contributed by atoms with E-state index < -0.39 is 38.1 Å². The van der Waals surface area contributed by atoms with Crippen molar-refractivity contribution in [1.29, 1.82) is 5.26 Å². The molecule has 4 N–H and O–H groups in total. The number of phenols is 1. The van der Waals surface area contributed by atoms with Gasteiger partial charge in [-0.3, -0.25) is 10.2 Å². The van der Waals surface area contributed by atoms with Gasteiger partial charge in [0.05, 0.1) is 4.90 Å². The number of nitrogens with zero attached hydrogens (tertiary/aromatic N) is 1. The zero-order valence-corrected chi connectivity index (χ0v) is 15.5. The van der Waals surface area contributed by atoms with E-state index in [0.717, 1.165) is 18.2 Å². The maximum absolute atomic E-state index is 12.2. The molecule has 0 aliphatic carbocycles. The summed E-state index contributed by atoms with van der Waals surface area (Å²) in [7, 11) is -4.36. The SMILES string of the molecule is N#CC(=Cc1ccc(Cl)cc1)C(=O)NNS(=O)(=O)c1ccc(O)c(C(=O)O)c1. The van der Waals surface area contributed by atoms with Gasteiger partial charge in [-0.25, -0.2) is 13.2 Å². The van der Waals surface area contributed by atoms with E-state index in [4.69, 9.17) is 22.0 Å². The average molecular weight is 422 g/mol. The molecule has 0 bridgehead atoms. The van der Waals surface area contributed by atoms with Crippen LogP contribution in [0.5, 0.6) is 5.75 Å². The zero-order chi connectivity index (χ0) is 20.9. The van der Waals surface area contributed by atoms with Gasteiger partial charge in [0.25, 0.3) is 15.9 Å². The van der Waals surface area contributed by atoms with Gasteiger partial charge in [0.15, 0.2) is 0 Å². The second-order valence-corrected chi connectivity index (χ2v) is 7.38. The van der Waals surface area contributed by atoms with Crippen molar-refractivity contribution in [3.63, 3.8) is 0 Å². The summed E-state index contributed by atoms with van der Waals surface area (Å²) in [6.07, 6.45) is 1.23. The third-order valence-corrected chi connectivity index (χ3v) is 4.85. The highest BCUT2D eigenvalue weighted by molar-refractivity contribution is 7.89. The Labute approximate surface area is 164 Å². The lowest BCUT2D eigenvalue weighted by Crippen LogP contribution is -2.42. The van der Waals surface area contributed by atoms with Gasteiger partial charge in [-0.1, -0.05) is 23.7 Å². The number of carboxylic acid groups (broad SMARTS) is 1. The Morgan fingerprint density at radius 2 is 1.79 bits per heavy atom. The fourth-order valence-electron chi connectivity index (χ4n) is 1.97. The van der Waals surface area contributed by atoms with Crippen LogP contribution >= 0.6 is 11.6 Å². The van der Waals surface area contributed by atoms with Crippen LogP contribution in [-0.2, 0) is 14.8 Å². The number of hydrazine groups is 1. The second kappa shape index (κ2) is 8.53. The van der Waals surface area contributed by atoms with Gasteiger partial charge in [0.1, 0.15) is 23.0 Å². The van der Waals surface area contributed by atoms with Crippen molar-refractivity contribution >= 4 is 39.6 Å². The van der Waals surface area contributed by atoms with E-state index in [9.17, 15) is 23.1 Å². The highest BCUT2D eigenvalue weighted by Crippen LogP contribution is 2.21. The number of sulfonamides is 1. The van der Waals surface area contributed by atoms with Crippen molar-refractivity contribution in [2.24, 2.45) is 0 Å². The summed E-state index contributed by atoms with van der Waals surface area (Å²) in [4.78, 5) is 24.3. The molecular weight excluding hydrogens is 410 g/mol. The molecule has 0 aliphatic rings. The molecule has 0 aromatic heterocycles. The predicted molar refractivity (Wildman–Crippen MR) is 98.6 cm³/mol. The van der Waals surface area contributed by atoms with E-state index >= 15 is 0 Å². The minimum atomic E-state index is -4.36. The molecule has 0 aliphatic heterocycles. The number of carbonyl (C=O) groups is 2. The molecule has 0 spiro atoms. The van der Waals surface area contributed by atoms with Crippen LogP contribution in [0.25, 0.3) is 6.08 Å². The van der Waals surface area contributed by atoms with E-state index in [2.05, 4.69) is 0 Å². The van der Waals surface area contributed by atoms with Crippen molar-refractivity contribution < 1.29 is 28.2 Å². The van der Waals surface area contributed by atoms with Gasteiger partial charge >= 0.3 is 5.97 Å². The fraction of sp³-hybridized carbons (Fsp3) is 0. The molecule has 144 valence electrons. The van der Waals surface area contributed by atoms with E-state index in [1.807, 2.05) is 5.43 Å². The summed E-state index contributed by atoms with van der Waals surface area (Å²) in [6, 6.07) is 10.4. The van der Waals surface area contributed by atoms with Crippen molar-refractivity contribution in [2.75, 3.05) is 0 Å². The summed E-state index contributed by atoms with van der Waals surface area (Å²) in [5.41, 5.74) is 1.34. The Morgan fingerprint density at radius 3 is 2.36 bits per heavy atom. The van der Waals surface area contributed by atoms with Crippen LogP contribution in [0.3, 0.4) is 0 Å². The van der Waals surface area contributed by atoms with E-state index in [0.29, 0.717) is 10.6 Å². The molecular formula is C17H12ClN3O6S. The molecule has 0 radical (unpaired) electrons. The first kappa shape index (κ1) is 20.9. The van der Waals surface area contributed by atoms with Gasteiger partial charge in [0, 0.05) is 5.02 Å². The lowest BCUT2D eigenvalue weighted by atomic mass is 10.1. The number of aromatic hydroxyl groups is 1. The molecule has 0 heterocycles. The summed E-state index contributed by atoms with van der Waals surface area (Å²) in [6.45, 7) is 0. The van der Waals surface area contributed by atoms with Crippen LogP contribution in [0, 0.1) is 11.3 Å².